The molecule has 0 amide bonds. The molecule has 1 aromatic heterocycles. The summed E-state index contributed by atoms with van der Waals surface area (Å²) in [6.07, 6.45) is 3.09. The highest BCUT2D eigenvalue weighted by molar-refractivity contribution is 9.10. The largest absolute Gasteiger partial charge is 0.465 e. The lowest BCUT2D eigenvalue weighted by Crippen LogP contribution is -2.01. The van der Waals surface area contributed by atoms with E-state index < -0.39 is 0 Å². The van der Waals surface area contributed by atoms with Gasteiger partial charge in [-0.2, -0.15) is 0 Å². The van der Waals surface area contributed by atoms with Crippen LogP contribution in [0.4, 0.5) is 0 Å². The maximum absolute atomic E-state index is 11.0. The monoisotopic (exact) mass is 215 g/mol. The Morgan fingerprint density at radius 3 is 3.00 bits per heavy atom. The molecule has 0 aliphatic carbocycles. The van der Waals surface area contributed by atoms with E-state index in [-0.39, 0.29) is 5.97 Å². The number of rotatable bonds is 1. The summed E-state index contributed by atoms with van der Waals surface area (Å²) in [4.78, 5) is 14.8. The van der Waals surface area contributed by atoms with E-state index in [0.29, 0.717) is 10.0 Å². The second kappa shape index (κ2) is 3.48. The summed E-state index contributed by atoms with van der Waals surface area (Å²) in [5.74, 6) is -0.362. The van der Waals surface area contributed by atoms with Crippen molar-refractivity contribution in [3.63, 3.8) is 0 Å². The predicted octanol–water partition coefficient (Wildman–Crippen LogP) is 1.63. The molecular formula is C7H6BrNO2. The lowest BCUT2D eigenvalue weighted by Gasteiger charge is -1.99. The van der Waals surface area contributed by atoms with Gasteiger partial charge in [0.25, 0.3) is 0 Å². The van der Waals surface area contributed by atoms with Crippen molar-refractivity contribution in [3.8, 4) is 0 Å². The number of pyridine rings is 1. The van der Waals surface area contributed by atoms with Crippen LogP contribution in [0.25, 0.3) is 0 Å². The number of aromatic nitrogens is 1. The van der Waals surface area contributed by atoms with E-state index in [2.05, 4.69) is 25.7 Å². The summed E-state index contributed by atoms with van der Waals surface area (Å²) in [6.45, 7) is 0. The van der Waals surface area contributed by atoms with Crippen LogP contribution in [0.5, 0.6) is 0 Å². The molecule has 0 aromatic carbocycles. The minimum absolute atomic E-state index is 0.362. The van der Waals surface area contributed by atoms with E-state index >= 15 is 0 Å². The first-order chi connectivity index (χ1) is 5.25. The van der Waals surface area contributed by atoms with Gasteiger partial charge < -0.3 is 4.74 Å². The highest BCUT2D eigenvalue weighted by Gasteiger charge is 2.07. The van der Waals surface area contributed by atoms with Gasteiger partial charge in [-0.25, -0.2) is 4.79 Å². The van der Waals surface area contributed by atoms with Crippen LogP contribution in [0.15, 0.2) is 22.9 Å². The van der Waals surface area contributed by atoms with Gasteiger partial charge in [-0.1, -0.05) is 0 Å². The van der Waals surface area contributed by atoms with Crippen molar-refractivity contribution in [2.45, 2.75) is 0 Å². The van der Waals surface area contributed by atoms with Crippen molar-refractivity contribution in [1.29, 1.82) is 0 Å². The molecule has 0 N–H and O–H groups in total. The molecule has 0 aliphatic heterocycles. The molecule has 4 heteroatoms. The molecular weight excluding hydrogens is 210 g/mol. The zero-order valence-electron chi connectivity index (χ0n) is 5.87. The number of esters is 1. The Kier molecular flexibility index (Phi) is 2.59. The van der Waals surface area contributed by atoms with Crippen molar-refractivity contribution in [1.82, 2.24) is 4.98 Å². The van der Waals surface area contributed by atoms with Crippen LogP contribution in [0.2, 0.25) is 0 Å². The summed E-state index contributed by atoms with van der Waals surface area (Å²) in [6, 6.07) is 1.59. The first kappa shape index (κ1) is 8.20. The molecule has 1 aromatic rings. The normalized spacial score (nSPS) is 9.27. The van der Waals surface area contributed by atoms with Gasteiger partial charge >= 0.3 is 5.97 Å². The minimum atomic E-state index is -0.362. The van der Waals surface area contributed by atoms with E-state index in [4.69, 9.17) is 0 Å². The fourth-order valence-electron chi connectivity index (χ4n) is 0.651. The molecule has 0 bridgehead atoms. The maximum atomic E-state index is 11.0. The second-order valence-corrected chi connectivity index (χ2v) is 2.70. The molecule has 0 fully saturated rings. The molecule has 0 unspecified atom stereocenters. The zero-order chi connectivity index (χ0) is 8.27. The number of halogens is 1. The highest BCUT2D eigenvalue weighted by Crippen LogP contribution is 2.14. The van der Waals surface area contributed by atoms with Crippen molar-refractivity contribution in [2.75, 3.05) is 7.11 Å². The van der Waals surface area contributed by atoms with Gasteiger partial charge in [0.15, 0.2) is 0 Å². The van der Waals surface area contributed by atoms with Crippen molar-refractivity contribution in [3.05, 3.63) is 28.5 Å². The summed E-state index contributed by atoms with van der Waals surface area (Å²) < 4.78 is 5.17. The summed E-state index contributed by atoms with van der Waals surface area (Å²) >= 11 is 3.17. The molecule has 1 rings (SSSR count). The van der Waals surface area contributed by atoms with Gasteiger partial charge in [0, 0.05) is 12.4 Å². The minimum Gasteiger partial charge on any atom is -0.465 e. The van der Waals surface area contributed by atoms with Gasteiger partial charge in [0.1, 0.15) is 0 Å². The number of carbonyl (C=O) groups is 1. The zero-order valence-corrected chi connectivity index (χ0v) is 7.46. The molecule has 0 aliphatic rings. The van der Waals surface area contributed by atoms with Gasteiger partial charge in [-0.3, -0.25) is 4.98 Å². The molecule has 11 heavy (non-hydrogen) atoms. The second-order valence-electron chi connectivity index (χ2n) is 1.85. The van der Waals surface area contributed by atoms with Crippen molar-refractivity contribution >= 4 is 21.9 Å². The third-order valence-corrected chi connectivity index (χ3v) is 1.81. The average Bonchev–Trinajstić information content (AvgIpc) is 2.04. The number of ether oxygens (including phenoxy) is 1. The molecule has 0 saturated carbocycles. The van der Waals surface area contributed by atoms with Crippen LogP contribution in [0.1, 0.15) is 10.4 Å². The molecule has 0 atom stereocenters. The van der Waals surface area contributed by atoms with Crippen LogP contribution in [0.3, 0.4) is 0 Å². The standard InChI is InChI=1S/C7H6BrNO2/c1-11-7(10)5-2-3-9-4-6(5)8/h2-4H,1H3. The first-order valence-electron chi connectivity index (χ1n) is 2.93. The van der Waals surface area contributed by atoms with E-state index in [9.17, 15) is 4.79 Å². The Balaban J connectivity index is 3.03. The summed E-state index contributed by atoms with van der Waals surface area (Å²) in [5.41, 5.74) is 0.488. The Labute approximate surface area is 72.5 Å². The topological polar surface area (TPSA) is 39.2 Å². The van der Waals surface area contributed by atoms with Gasteiger partial charge in [-0.15, -0.1) is 0 Å². The van der Waals surface area contributed by atoms with Crippen LogP contribution >= 0.6 is 15.9 Å². The SMILES string of the molecule is COC(=O)c1ccncc1Br. The number of nitrogens with zero attached hydrogens (tertiary/aromatic N) is 1. The molecule has 58 valence electrons. The van der Waals surface area contributed by atoms with Gasteiger partial charge in [0.05, 0.1) is 17.1 Å². The number of carbonyl (C=O) groups excluding carboxylic acids is 1. The summed E-state index contributed by atoms with van der Waals surface area (Å²) in [5, 5.41) is 0. The van der Waals surface area contributed by atoms with Crippen molar-refractivity contribution < 1.29 is 9.53 Å². The predicted molar refractivity (Wildman–Crippen MR) is 43.3 cm³/mol. The summed E-state index contributed by atoms with van der Waals surface area (Å²) in [7, 11) is 1.34. The van der Waals surface area contributed by atoms with E-state index in [1.165, 1.54) is 13.3 Å². The lowest BCUT2D eigenvalue weighted by atomic mass is 10.3. The Hall–Kier alpha value is -0.900. The van der Waals surface area contributed by atoms with E-state index in [1.807, 2.05) is 0 Å². The maximum Gasteiger partial charge on any atom is 0.339 e. The smallest absolute Gasteiger partial charge is 0.339 e. The molecule has 1 heterocycles. The Bertz CT molecular complexity index is 275. The van der Waals surface area contributed by atoms with Gasteiger partial charge in [0.2, 0.25) is 0 Å². The first-order valence-corrected chi connectivity index (χ1v) is 3.73. The molecule has 0 radical (unpaired) electrons. The average molecular weight is 216 g/mol. The lowest BCUT2D eigenvalue weighted by molar-refractivity contribution is 0.0599. The fraction of sp³-hybridized carbons (Fsp3) is 0.143. The number of hydrogen-bond acceptors (Lipinski definition) is 3. The van der Waals surface area contributed by atoms with Crippen LogP contribution in [0, 0.1) is 0 Å². The highest BCUT2D eigenvalue weighted by atomic mass is 79.9. The molecule has 3 nitrogen and oxygen atoms in total. The van der Waals surface area contributed by atoms with E-state index in [1.54, 1.807) is 12.3 Å². The van der Waals surface area contributed by atoms with Crippen LogP contribution < -0.4 is 0 Å². The fourth-order valence-corrected chi connectivity index (χ4v) is 1.06. The Morgan fingerprint density at radius 2 is 2.45 bits per heavy atom. The quantitative estimate of drug-likeness (QED) is 0.669. The molecule has 0 spiro atoms. The van der Waals surface area contributed by atoms with E-state index in [0.717, 1.165) is 0 Å². The third-order valence-electron chi connectivity index (χ3n) is 1.18. The van der Waals surface area contributed by atoms with Gasteiger partial charge in [-0.05, 0) is 22.0 Å². The Morgan fingerprint density at radius 1 is 1.73 bits per heavy atom. The number of hydrogen-bond donors (Lipinski definition) is 0. The molecule has 0 saturated heterocycles. The van der Waals surface area contributed by atoms with Crippen molar-refractivity contribution in [2.24, 2.45) is 0 Å². The van der Waals surface area contributed by atoms with Crippen LogP contribution in [-0.4, -0.2) is 18.1 Å². The number of methoxy groups -OCH3 is 1. The third kappa shape index (κ3) is 1.77. The van der Waals surface area contributed by atoms with Crippen LogP contribution in [-0.2, 0) is 4.74 Å².